The van der Waals surface area contributed by atoms with Crippen LogP contribution in [0, 0.1) is 0 Å². The molecule has 252 valence electrons. The van der Waals surface area contributed by atoms with E-state index < -0.39 is 28.5 Å². The summed E-state index contributed by atoms with van der Waals surface area (Å²) in [4.78, 5) is 30.3. The number of hydrogen-bond acceptors (Lipinski definition) is 6. The Bertz CT molecular complexity index is 1800. The highest BCUT2D eigenvalue weighted by atomic mass is 35.5. The Morgan fingerprint density at radius 2 is 1.50 bits per heavy atom. The van der Waals surface area contributed by atoms with E-state index >= 15 is 0 Å². The number of halogens is 1. The molecule has 1 N–H and O–H groups in total. The van der Waals surface area contributed by atoms with Gasteiger partial charge in [-0.1, -0.05) is 73.0 Å². The summed E-state index contributed by atoms with van der Waals surface area (Å²) in [7, 11) is -1.23. The molecule has 5 rings (SSSR count). The van der Waals surface area contributed by atoms with Crippen molar-refractivity contribution in [1.82, 2.24) is 10.2 Å². The molecular weight excluding hydrogens is 650 g/mol. The second-order valence-corrected chi connectivity index (χ2v) is 14.0. The summed E-state index contributed by atoms with van der Waals surface area (Å²) in [6.07, 6.45) is 4.03. The molecule has 0 spiro atoms. The Morgan fingerprint density at radius 3 is 2.17 bits per heavy atom. The molecule has 1 aliphatic rings. The van der Waals surface area contributed by atoms with Crippen LogP contribution in [-0.4, -0.2) is 58.0 Å². The molecule has 0 aliphatic heterocycles. The van der Waals surface area contributed by atoms with Crippen LogP contribution in [0.3, 0.4) is 0 Å². The van der Waals surface area contributed by atoms with E-state index in [0.29, 0.717) is 16.5 Å². The maximum atomic E-state index is 14.7. The average molecular weight is 690 g/mol. The number of amides is 2. The summed E-state index contributed by atoms with van der Waals surface area (Å²) in [6, 6.07) is 28.1. The van der Waals surface area contributed by atoms with Crippen LogP contribution >= 0.6 is 11.6 Å². The molecule has 0 bridgehead atoms. The van der Waals surface area contributed by atoms with Crippen molar-refractivity contribution in [2.24, 2.45) is 0 Å². The standard InChI is InChI=1S/C37H40ClN3O6S/c1-46-32-18-20-34(21-19-32)48(44,45)41(31-16-9-13-29(38)24-31)26-36(42)40(25-28-12-8-17-33(22-28)47-2)35(23-27-10-4-3-5-11-27)37(43)39-30-14-6-7-15-30/h3-5,8-13,16-22,24,30,35H,6-7,14-15,23,25-26H2,1-2H3,(H,39,43). The lowest BCUT2D eigenvalue weighted by Gasteiger charge is -2.34. The van der Waals surface area contributed by atoms with Crippen molar-refractivity contribution in [1.29, 1.82) is 0 Å². The fourth-order valence-corrected chi connectivity index (χ4v) is 7.51. The van der Waals surface area contributed by atoms with Gasteiger partial charge in [-0.15, -0.1) is 0 Å². The molecule has 1 unspecified atom stereocenters. The molecule has 4 aromatic rings. The fourth-order valence-electron chi connectivity index (χ4n) is 5.92. The van der Waals surface area contributed by atoms with Crippen LogP contribution in [0.25, 0.3) is 0 Å². The lowest BCUT2D eigenvalue weighted by Crippen LogP contribution is -2.54. The Morgan fingerprint density at radius 1 is 0.833 bits per heavy atom. The van der Waals surface area contributed by atoms with E-state index in [9.17, 15) is 18.0 Å². The SMILES string of the molecule is COc1ccc(S(=O)(=O)N(CC(=O)N(Cc2cccc(OC)c2)C(Cc2ccccc2)C(=O)NC2CCCC2)c2cccc(Cl)c2)cc1. The number of hydrogen-bond donors (Lipinski definition) is 1. The number of rotatable bonds is 14. The highest BCUT2D eigenvalue weighted by Crippen LogP contribution is 2.28. The van der Waals surface area contributed by atoms with Crippen molar-refractivity contribution < 1.29 is 27.5 Å². The summed E-state index contributed by atoms with van der Waals surface area (Å²) in [5.41, 5.74) is 1.80. The summed E-state index contributed by atoms with van der Waals surface area (Å²) in [5.74, 6) is 0.241. The van der Waals surface area contributed by atoms with Crippen LogP contribution in [-0.2, 0) is 32.6 Å². The number of carbonyl (C=O) groups is 2. The van der Waals surface area contributed by atoms with Crippen molar-refractivity contribution in [2.75, 3.05) is 25.1 Å². The van der Waals surface area contributed by atoms with E-state index in [0.717, 1.165) is 41.1 Å². The first-order chi connectivity index (χ1) is 23.2. The lowest BCUT2D eigenvalue weighted by atomic mass is 10.0. The molecule has 1 fully saturated rings. The van der Waals surface area contributed by atoms with Gasteiger partial charge >= 0.3 is 0 Å². The second-order valence-electron chi connectivity index (χ2n) is 11.7. The van der Waals surface area contributed by atoms with Gasteiger partial charge in [0.05, 0.1) is 24.8 Å². The summed E-state index contributed by atoms with van der Waals surface area (Å²) >= 11 is 6.32. The van der Waals surface area contributed by atoms with Crippen LogP contribution in [0.5, 0.6) is 11.5 Å². The number of carbonyl (C=O) groups excluding carboxylic acids is 2. The predicted molar refractivity (Wildman–Crippen MR) is 187 cm³/mol. The normalized spacial score (nSPS) is 13.8. The number of nitrogens with one attached hydrogen (secondary N) is 1. The molecule has 1 aliphatic carbocycles. The van der Waals surface area contributed by atoms with Crippen molar-refractivity contribution in [3.05, 3.63) is 119 Å². The van der Waals surface area contributed by atoms with Gasteiger partial charge in [0.25, 0.3) is 10.0 Å². The molecule has 4 aromatic carbocycles. The Labute approximate surface area is 287 Å². The number of ether oxygens (including phenoxy) is 2. The van der Waals surface area contributed by atoms with Crippen LogP contribution in [0.1, 0.15) is 36.8 Å². The zero-order valence-electron chi connectivity index (χ0n) is 27.0. The molecule has 0 aromatic heterocycles. The molecule has 0 saturated heterocycles. The number of sulfonamides is 1. The van der Waals surface area contributed by atoms with Crippen molar-refractivity contribution >= 4 is 39.1 Å². The molecule has 11 heteroatoms. The number of methoxy groups -OCH3 is 2. The van der Waals surface area contributed by atoms with Gasteiger partial charge in [-0.05, 0) is 78.6 Å². The minimum atomic E-state index is -4.28. The van der Waals surface area contributed by atoms with Gasteiger partial charge in [-0.25, -0.2) is 8.42 Å². The summed E-state index contributed by atoms with van der Waals surface area (Å²) < 4.78 is 40.2. The molecule has 9 nitrogen and oxygen atoms in total. The zero-order valence-corrected chi connectivity index (χ0v) is 28.6. The van der Waals surface area contributed by atoms with Gasteiger partial charge in [0.2, 0.25) is 11.8 Å². The topological polar surface area (TPSA) is 105 Å². The van der Waals surface area contributed by atoms with Crippen LogP contribution < -0.4 is 19.1 Å². The quantitative estimate of drug-likeness (QED) is 0.168. The monoisotopic (exact) mass is 689 g/mol. The summed E-state index contributed by atoms with van der Waals surface area (Å²) in [6.45, 7) is -0.543. The molecule has 1 saturated carbocycles. The van der Waals surface area contributed by atoms with Gasteiger partial charge in [-0.2, -0.15) is 0 Å². The Kier molecular flexibility index (Phi) is 11.6. The van der Waals surface area contributed by atoms with Crippen LogP contribution in [0.4, 0.5) is 5.69 Å². The maximum absolute atomic E-state index is 14.7. The third-order valence-corrected chi connectivity index (χ3v) is 10.5. The van der Waals surface area contributed by atoms with E-state index in [1.54, 1.807) is 49.6 Å². The van der Waals surface area contributed by atoms with Gasteiger partial charge in [0.15, 0.2) is 0 Å². The Balaban J connectivity index is 1.57. The Hall–Kier alpha value is -4.54. The molecule has 2 amide bonds. The number of nitrogens with zero attached hydrogens (tertiary/aromatic N) is 2. The van der Waals surface area contributed by atoms with E-state index in [1.807, 2.05) is 42.5 Å². The zero-order chi connectivity index (χ0) is 34.1. The predicted octanol–water partition coefficient (Wildman–Crippen LogP) is 6.25. The first-order valence-corrected chi connectivity index (χ1v) is 17.7. The largest absolute Gasteiger partial charge is 0.497 e. The first kappa shape index (κ1) is 34.8. The third kappa shape index (κ3) is 8.67. The molecule has 48 heavy (non-hydrogen) atoms. The minimum Gasteiger partial charge on any atom is -0.497 e. The van der Waals surface area contributed by atoms with Crippen molar-refractivity contribution in [3.8, 4) is 11.5 Å². The van der Waals surface area contributed by atoms with Crippen molar-refractivity contribution in [3.63, 3.8) is 0 Å². The van der Waals surface area contributed by atoms with Crippen molar-refractivity contribution in [2.45, 2.75) is 55.6 Å². The highest BCUT2D eigenvalue weighted by Gasteiger charge is 2.35. The third-order valence-electron chi connectivity index (χ3n) is 8.48. The van der Waals surface area contributed by atoms with E-state index in [2.05, 4.69) is 5.32 Å². The molecular formula is C37H40ClN3O6S. The lowest BCUT2D eigenvalue weighted by molar-refractivity contribution is -0.140. The van der Waals surface area contributed by atoms with Crippen LogP contribution in [0.15, 0.2) is 108 Å². The van der Waals surface area contributed by atoms with E-state index in [4.69, 9.17) is 21.1 Å². The average Bonchev–Trinajstić information content (AvgIpc) is 3.62. The van der Waals surface area contributed by atoms with Gasteiger partial charge in [-0.3, -0.25) is 13.9 Å². The fraction of sp³-hybridized carbons (Fsp3) is 0.297. The number of benzene rings is 4. The smallest absolute Gasteiger partial charge is 0.264 e. The molecule has 0 heterocycles. The van der Waals surface area contributed by atoms with Crippen LogP contribution in [0.2, 0.25) is 5.02 Å². The first-order valence-electron chi connectivity index (χ1n) is 15.9. The second kappa shape index (κ2) is 16.0. The van der Waals surface area contributed by atoms with E-state index in [-0.39, 0.29) is 35.5 Å². The minimum absolute atomic E-state index is 0.0166. The van der Waals surface area contributed by atoms with Gasteiger partial charge in [0.1, 0.15) is 24.1 Å². The molecule has 0 radical (unpaired) electrons. The van der Waals surface area contributed by atoms with Gasteiger partial charge < -0.3 is 19.7 Å². The van der Waals surface area contributed by atoms with E-state index in [1.165, 1.54) is 30.2 Å². The molecule has 1 atom stereocenters. The number of anilines is 1. The maximum Gasteiger partial charge on any atom is 0.264 e. The van der Waals surface area contributed by atoms with Gasteiger partial charge in [0, 0.05) is 24.0 Å². The summed E-state index contributed by atoms with van der Waals surface area (Å²) in [5, 5.41) is 3.49. The highest BCUT2D eigenvalue weighted by molar-refractivity contribution is 7.92.